The monoisotopic (exact) mass is 506 g/mol. The maximum absolute atomic E-state index is 10.7. The first kappa shape index (κ1) is 39.1. The van der Waals surface area contributed by atoms with Crippen LogP contribution in [0, 0.1) is 11.3 Å². The van der Waals surface area contributed by atoms with Crippen molar-refractivity contribution in [1.29, 1.82) is 5.26 Å². The summed E-state index contributed by atoms with van der Waals surface area (Å²) in [7, 11) is 0. The minimum absolute atomic E-state index is 0. The summed E-state index contributed by atoms with van der Waals surface area (Å²) >= 11 is 10.1. The van der Waals surface area contributed by atoms with Crippen LogP contribution in [0.25, 0.3) is 0 Å². The van der Waals surface area contributed by atoms with Gasteiger partial charge in [-0.25, -0.2) is 0 Å². The van der Waals surface area contributed by atoms with Crippen LogP contribution in [-0.4, -0.2) is 52.6 Å². The van der Waals surface area contributed by atoms with Crippen LogP contribution in [0.5, 0.6) is 0 Å². The third kappa shape index (κ3) is 58.4. The molecule has 14 heteroatoms. The van der Waals surface area contributed by atoms with Gasteiger partial charge in [-0.1, -0.05) is 0 Å². The van der Waals surface area contributed by atoms with Crippen LogP contribution in [0.1, 0.15) is 47.0 Å². The van der Waals surface area contributed by atoms with E-state index in [2.05, 4.69) is 11.5 Å². The van der Waals surface area contributed by atoms with Crippen molar-refractivity contribution in [3.63, 3.8) is 0 Å². The highest BCUT2D eigenvalue weighted by atomic mass is 35.5. The second kappa shape index (κ2) is 23.9. The molecular formula is C17H29Cl3N4O7. The van der Waals surface area contributed by atoms with Gasteiger partial charge in [-0.05, 0) is 20.8 Å². The van der Waals surface area contributed by atoms with Gasteiger partial charge in [-0.2, -0.15) is 5.26 Å². The van der Waals surface area contributed by atoms with Gasteiger partial charge in [0.15, 0.2) is 11.6 Å². The van der Waals surface area contributed by atoms with Gasteiger partial charge in [0.1, 0.15) is 12.0 Å². The summed E-state index contributed by atoms with van der Waals surface area (Å²) in [6.07, 6.45) is -0.662. The Hall–Kier alpha value is -2.42. The van der Waals surface area contributed by atoms with E-state index in [9.17, 15) is 28.8 Å². The number of nitriles is 1. The minimum atomic E-state index is -0.667. The Kier molecular flexibility index (Phi) is 30.1. The molecule has 0 aromatic carbocycles. The molecule has 180 valence electrons. The zero-order valence-corrected chi connectivity index (χ0v) is 20.1. The third-order valence-electron chi connectivity index (χ3n) is 1.68. The van der Waals surface area contributed by atoms with Crippen LogP contribution >= 0.6 is 35.6 Å². The number of halogens is 3. The minimum Gasteiger partial charge on any atom is -0.460 e. The molecule has 0 aliphatic heterocycles. The van der Waals surface area contributed by atoms with E-state index in [-0.39, 0.29) is 60.9 Å². The standard InChI is InChI=1S/C7H13NO3.C4H6ClNO2.C4H4ClNO.C2H5NO.ClH/c1-7(2,3)11-6(10)4-5(8)9;5-2-3(7)1-4(6)8;5-3-4(7)1-2-6;1-2(3)4;/h4H2,1-3H3,(H2,8,9);1-2H2,(H2,6,8);1,3H2;1H3,(H2,3,4);1H. The van der Waals surface area contributed by atoms with E-state index < -0.39 is 23.4 Å². The van der Waals surface area contributed by atoms with Gasteiger partial charge in [-0.15, -0.1) is 35.6 Å². The molecule has 0 aromatic heterocycles. The summed E-state index contributed by atoms with van der Waals surface area (Å²) < 4.78 is 4.81. The quantitative estimate of drug-likeness (QED) is 0.250. The molecule has 11 nitrogen and oxygen atoms in total. The number of primary amides is 3. The maximum atomic E-state index is 10.7. The van der Waals surface area contributed by atoms with E-state index in [4.69, 9.17) is 38.9 Å². The Labute approximate surface area is 197 Å². The number of nitrogens with two attached hydrogens (primary N) is 3. The van der Waals surface area contributed by atoms with Crippen LogP contribution in [0.15, 0.2) is 0 Å². The summed E-state index contributed by atoms with van der Waals surface area (Å²) in [4.78, 5) is 60.3. The van der Waals surface area contributed by atoms with E-state index in [1.54, 1.807) is 26.8 Å². The predicted octanol–water partition coefficient (Wildman–Crippen LogP) is 0.495. The van der Waals surface area contributed by atoms with Crippen LogP contribution in [0.3, 0.4) is 0 Å². The Balaban J connectivity index is -0.000000101. The number of ether oxygens (including phenoxy) is 1. The number of Topliss-reactive ketones (excluding diaryl/α,β-unsaturated/α-hetero) is 2. The molecule has 0 aliphatic rings. The van der Waals surface area contributed by atoms with Crippen molar-refractivity contribution in [3.05, 3.63) is 0 Å². The second-order valence-corrected chi connectivity index (χ2v) is 6.70. The fraction of sp³-hybridized carbons (Fsp3) is 0.588. The van der Waals surface area contributed by atoms with E-state index in [0.29, 0.717) is 0 Å². The maximum Gasteiger partial charge on any atom is 0.315 e. The van der Waals surface area contributed by atoms with Gasteiger partial charge in [0, 0.05) is 6.92 Å². The van der Waals surface area contributed by atoms with Gasteiger partial charge >= 0.3 is 5.97 Å². The largest absolute Gasteiger partial charge is 0.460 e. The average molecular weight is 508 g/mol. The van der Waals surface area contributed by atoms with Crippen LogP contribution < -0.4 is 17.2 Å². The van der Waals surface area contributed by atoms with Gasteiger partial charge in [-0.3, -0.25) is 28.8 Å². The molecule has 0 radical (unpaired) electrons. The number of ketones is 2. The lowest BCUT2D eigenvalue weighted by atomic mass is 10.2. The molecule has 3 amide bonds. The third-order valence-corrected chi connectivity index (χ3v) is 2.28. The van der Waals surface area contributed by atoms with Crippen LogP contribution in [0.2, 0.25) is 0 Å². The number of amides is 3. The number of rotatable bonds is 7. The summed E-state index contributed by atoms with van der Waals surface area (Å²) in [5.74, 6) is -2.94. The number of carbonyl (C=O) groups is 6. The average Bonchev–Trinajstić information content (AvgIpc) is 2.52. The van der Waals surface area contributed by atoms with E-state index in [1.807, 2.05) is 0 Å². The fourth-order valence-electron chi connectivity index (χ4n) is 0.897. The first-order valence-electron chi connectivity index (χ1n) is 8.09. The molecule has 0 unspecified atom stereocenters. The summed E-state index contributed by atoms with van der Waals surface area (Å²) in [5, 5.41) is 7.84. The van der Waals surface area contributed by atoms with E-state index >= 15 is 0 Å². The number of nitrogens with zero attached hydrogens (tertiary/aromatic N) is 1. The molecule has 0 aliphatic carbocycles. The topological polar surface area (TPSA) is 213 Å². The fourth-order valence-corrected chi connectivity index (χ4v) is 1.09. The lowest BCUT2D eigenvalue weighted by Crippen LogP contribution is -2.27. The number of hydrogen-bond acceptors (Lipinski definition) is 8. The molecule has 0 heterocycles. The molecule has 0 bridgehead atoms. The molecule has 6 N–H and O–H groups in total. The van der Waals surface area contributed by atoms with Crippen molar-refractivity contribution in [1.82, 2.24) is 0 Å². The Bertz CT molecular complexity index is 626. The van der Waals surface area contributed by atoms with Crippen molar-refractivity contribution in [2.75, 3.05) is 11.8 Å². The number of esters is 1. The highest BCUT2D eigenvalue weighted by Crippen LogP contribution is 2.07. The predicted molar refractivity (Wildman–Crippen MR) is 117 cm³/mol. The molecule has 0 aromatic rings. The van der Waals surface area contributed by atoms with Crippen LogP contribution in [0.4, 0.5) is 0 Å². The van der Waals surface area contributed by atoms with Crippen molar-refractivity contribution >= 4 is 70.9 Å². The SMILES string of the molecule is CC(C)(C)OC(=O)CC(N)=O.CC(N)=O.Cl.N#CCC(=O)CCl.NC(=O)CC(=O)CCl. The summed E-state index contributed by atoms with van der Waals surface area (Å²) in [6, 6.07) is 1.68. The molecule has 0 saturated heterocycles. The molecular weight excluding hydrogens is 479 g/mol. The molecule has 0 atom stereocenters. The first-order valence-corrected chi connectivity index (χ1v) is 9.15. The van der Waals surface area contributed by atoms with Gasteiger partial charge in [0.25, 0.3) is 0 Å². The molecule has 0 rings (SSSR count). The molecule has 0 fully saturated rings. The van der Waals surface area contributed by atoms with Gasteiger partial charge < -0.3 is 21.9 Å². The van der Waals surface area contributed by atoms with E-state index in [0.717, 1.165) is 0 Å². The summed E-state index contributed by atoms with van der Waals surface area (Å²) in [5.41, 5.74) is 13.3. The second-order valence-electron chi connectivity index (χ2n) is 6.16. The summed E-state index contributed by atoms with van der Waals surface area (Å²) in [6.45, 7) is 6.49. The van der Waals surface area contributed by atoms with Crippen molar-refractivity contribution in [2.24, 2.45) is 17.2 Å². The van der Waals surface area contributed by atoms with Crippen molar-refractivity contribution in [3.8, 4) is 6.07 Å². The normalized spacial score (nSPS) is 8.55. The molecule has 0 spiro atoms. The smallest absolute Gasteiger partial charge is 0.315 e. The number of alkyl halides is 2. The van der Waals surface area contributed by atoms with E-state index in [1.165, 1.54) is 6.92 Å². The van der Waals surface area contributed by atoms with Crippen LogP contribution in [-0.2, 0) is 33.5 Å². The Morgan fingerprint density at radius 1 is 0.871 bits per heavy atom. The van der Waals surface area contributed by atoms with Gasteiger partial charge in [0.2, 0.25) is 17.7 Å². The van der Waals surface area contributed by atoms with Crippen molar-refractivity contribution in [2.45, 2.75) is 52.6 Å². The Morgan fingerprint density at radius 3 is 1.39 bits per heavy atom. The molecule has 0 saturated carbocycles. The zero-order chi connectivity index (χ0) is 24.9. The highest BCUT2D eigenvalue weighted by molar-refractivity contribution is 6.29. The lowest BCUT2D eigenvalue weighted by molar-refractivity contribution is -0.156. The van der Waals surface area contributed by atoms with Gasteiger partial charge in [0.05, 0.1) is 30.7 Å². The zero-order valence-electron chi connectivity index (χ0n) is 17.7. The lowest BCUT2D eigenvalue weighted by Gasteiger charge is -2.18. The Morgan fingerprint density at radius 2 is 1.23 bits per heavy atom. The number of carbonyl (C=O) groups excluding carboxylic acids is 6. The number of hydrogen-bond donors (Lipinski definition) is 3. The molecule has 31 heavy (non-hydrogen) atoms. The first-order chi connectivity index (χ1) is 13.5. The van der Waals surface area contributed by atoms with Crippen molar-refractivity contribution < 1.29 is 33.5 Å². The highest BCUT2D eigenvalue weighted by Gasteiger charge is 2.17.